The molecule has 1 aromatic heterocycles. The molecule has 1 fully saturated rings. The molecule has 0 aliphatic heterocycles. The van der Waals surface area contributed by atoms with Gasteiger partial charge in [-0.2, -0.15) is 5.10 Å². The number of carbonyl (C=O) groups excluding carboxylic acids is 1. The lowest BCUT2D eigenvalue weighted by molar-refractivity contribution is -0.122. The van der Waals surface area contributed by atoms with Crippen LogP contribution in [0.3, 0.4) is 0 Å². The van der Waals surface area contributed by atoms with Crippen molar-refractivity contribution in [3.05, 3.63) is 22.6 Å². The number of aromatic nitrogens is 2. The van der Waals surface area contributed by atoms with Gasteiger partial charge in [0.1, 0.15) is 6.54 Å². The molecule has 1 aromatic rings. The Bertz CT molecular complexity index is 521. The van der Waals surface area contributed by atoms with Crippen LogP contribution in [0.1, 0.15) is 45.4 Å². The average Bonchev–Trinajstić information content (AvgIpc) is 2.48. The van der Waals surface area contributed by atoms with Crippen molar-refractivity contribution in [3.8, 4) is 0 Å². The minimum atomic E-state index is -0.255. The summed E-state index contributed by atoms with van der Waals surface area (Å²) in [6.07, 6.45) is 8.22. The van der Waals surface area contributed by atoms with Gasteiger partial charge in [-0.25, -0.2) is 4.68 Å². The number of carbonyl (C=O) groups is 1. The maximum absolute atomic E-state index is 12.0. The van der Waals surface area contributed by atoms with Gasteiger partial charge < -0.3 is 10.6 Å². The summed E-state index contributed by atoms with van der Waals surface area (Å²) in [6, 6.07) is 1.74. The zero-order valence-electron chi connectivity index (χ0n) is 12.6. The standard InChI is InChI=1S/C15H24N4O2/c1-2-8-16-13-9-15(21)19(17-10-13)11-14(20)18-12-6-4-3-5-7-12/h9-10,12,16H,2-8,11H2,1H3,(H,18,20). The van der Waals surface area contributed by atoms with Gasteiger partial charge >= 0.3 is 0 Å². The normalized spacial score (nSPS) is 15.7. The Morgan fingerprint density at radius 1 is 1.38 bits per heavy atom. The monoisotopic (exact) mass is 292 g/mol. The van der Waals surface area contributed by atoms with Crippen LogP contribution in [0, 0.1) is 0 Å². The third kappa shape index (κ3) is 4.88. The van der Waals surface area contributed by atoms with Gasteiger partial charge in [0.05, 0.1) is 11.9 Å². The summed E-state index contributed by atoms with van der Waals surface area (Å²) >= 11 is 0. The molecule has 1 amide bonds. The van der Waals surface area contributed by atoms with Crippen LogP contribution in [0.5, 0.6) is 0 Å². The molecule has 0 radical (unpaired) electrons. The second-order valence-corrected chi connectivity index (χ2v) is 5.57. The van der Waals surface area contributed by atoms with Crippen molar-refractivity contribution in [1.29, 1.82) is 0 Å². The van der Waals surface area contributed by atoms with Crippen molar-refractivity contribution in [2.75, 3.05) is 11.9 Å². The summed E-state index contributed by atoms with van der Waals surface area (Å²) in [5, 5.41) is 10.1. The van der Waals surface area contributed by atoms with Crippen LogP contribution in [0.25, 0.3) is 0 Å². The van der Waals surface area contributed by atoms with E-state index < -0.39 is 0 Å². The molecule has 2 rings (SSSR count). The Kier molecular flexibility index (Phi) is 5.78. The largest absolute Gasteiger partial charge is 0.384 e. The van der Waals surface area contributed by atoms with Crippen LogP contribution in [-0.4, -0.2) is 28.3 Å². The second-order valence-electron chi connectivity index (χ2n) is 5.57. The lowest BCUT2D eigenvalue weighted by Gasteiger charge is -2.22. The van der Waals surface area contributed by atoms with Crippen LogP contribution in [0.15, 0.2) is 17.1 Å². The van der Waals surface area contributed by atoms with Crippen molar-refractivity contribution >= 4 is 11.6 Å². The molecule has 0 saturated heterocycles. The highest BCUT2D eigenvalue weighted by Gasteiger charge is 2.16. The summed E-state index contributed by atoms with van der Waals surface area (Å²) in [4.78, 5) is 23.9. The van der Waals surface area contributed by atoms with Crippen LogP contribution in [0.2, 0.25) is 0 Å². The third-order valence-electron chi connectivity index (χ3n) is 3.71. The molecule has 116 valence electrons. The topological polar surface area (TPSA) is 76.0 Å². The first kappa shape index (κ1) is 15.5. The predicted molar refractivity (Wildman–Crippen MR) is 82.3 cm³/mol. The molecule has 0 atom stereocenters. The molecule has 0 spiro atoms. The molecule has 1 aliphatic carbocycles. The lowest BCUT2D eigenvalue weighted by Crippen LogP contribution is -2.40. The zero-order chi connectivity index (χ0) is 15.1. The first-order valence-corrected chi connectivity index (χ1v) is 7.79. The molecule has 6 heteroatoms. The molecule has 6 nitrogen and oxygen atoms in total. The van der Waals surface area contributed by atoms with E-state index in [1.165, 1.54) is 30.0 Å². The van der Waals surface area contributed by atoms with E-state index in [4.69, 9.17) is 0 Å². The number of nitrogens with zero attached hydrogens (tertiary/aromatic N) is 2. The highest BCUT2D eigenvalue weighted by atomic mass is 16.2. The molecular weight excluding hydrogens is 268 g/mol. The highest BCUT2D eigenvalue weighted by molar-refractivity contribution is 5.75. The maximum atomic E-state index is 12.0. The van der Waals surface area contributed by atoms with Gasteiger partial charge in [-0.15, -0.1) is 0 Å². The fourth-order valence-electron chi connectivity index (χ4n) is 2.57. The van der Waals surface area contributed by atoms with E-state index in [0.29, 0.717) is 5.69 Å². The number of rotatable bonds is 6. The van der Waals surface area contributed by atoms with E-state index in [2.05, 4.69) is 22.7 Å². The van der Waals surface area contributed by atoms with E-state index in [0.717, 1.165) is 25.8 Å². The number of hydrogen-bond acceptors (Lipinski definition) is 4. The SMILES string of the molecule is CCCNc1cnn(CC(=O)NC2CCCCC2)c(=O)c1. The number of anilines is 1. The molecular formula is C15H24N4O2. The Morgan fingerprint density at radius 3 is 2.81 bits per heavy atom. The van der Waals surface area contributed by atoms with Crippen molar-refractivity contribution < 1.29 is 4.79 Å². The lowest BCUT2D eigenvalue weighted by atomic mass is 9.95. The summed E-state index contributed by atoms with van der Waals surface area (Å²) < 4.78 is 1.20. The summed E-state index contributed by atoms with van der Waals surface area (Å²) in [7, 11) is 0. The van der Waals surface area contributed by atoms with Gasteiger partial charge in [0.15, 0.2) is 0 Å². The first-order chi connectivity index (χ1) is 10.2. The van der Waals surface area contributed by atoms with Crippen LogP contribution >= 0.6 is 0 Å². The third-order valence-corrected chi connectivity index (χ3v) is 3.71. The number of hydrogen-bond donors (Lipinski definition) is 2. The van der Waals surface area contributed by atoms with Crippen LogP contribution in [-0.2, 0) is 11.3 Å². The molecule has 1 aliphatic rings. The first-order valence-electron chi connectivity index (χ1n) is 7.79. The molecule has 1 saturated carbocycles. The van der Waals surface area contributed by atoms with Crippen molar-refractivity contribution in [2.24, 2.45) is 0 Å². The maximum Gasteiger partial charge on any atom is 0.269 e. The highest BCUT2D eigenvalue weighted by Crippen LogP contribution is 2.17. The molecule has 1 heterocycles. The summed E-state index contributed by atoms with van der Waals surface area (Å²) in [5.41, 5.74) is 0.445. The van der Waals surface area contributed by atoms with E-state index in [1.54, 1.807) is 6.20 Å². The van der Waals surface area contributed by atoms with Crippen molar-refractivity contribution in [2.45, 2.75) is 58.0 Å². The Labute approximate surface area is 124 Å². The Morgan fingerprint density at radius 2 is 2.14 bits per heavy atom. The summed E-state index contributed by atoms with van der Waals surface area (Å²) in [5.74, 6) is -0.134. The molecule has 0 bridgehead atoms. The van der Waals surface area contributed by atoms with E-state index in [9.17, 15) is 9.59 Å². The molecule has 0 unspecified atom stereocenters. The minimum Gasteiger partial charge on any atom is -0.384 e. The smallest absolute Gasteiger partial charge is 0.269 e. The van der Waals surface area contributed by atoms with E-state index in [1.807, 2.05) is 0 Å². The molecule has 21 heavy (non-hydrogen) atoms. The van der Waals surface area contributed by atoms with Gasteiger partial charge in [-0.1, -0.05) is 26.2 Å². The Hall–Kier alpha value is -1.85. The van der Waals surface area contributed by atoms with Gasteiger partial charge in [0, 0.05) is 18.7 Å². The quantitative estimate of drug-likeness (QED) is 0.833. The van der Waals surface area contributed by atoms with Gasteiger partial charge in [0.25, 0.3) is 5.56 Å². The van der Waals surface area contributed by atoms with E-state index >= 15 is 0 Å². The fourth-order valence-corrected chi connectivity index (χ4v) is 2.57. The van der Waals surface area contributed by atoms with E-state index in [-0.39, 0.29) is 24.1 Å². The number of nitrogens with one attached hydrogen (secondary N) is 2. The van der Waals surface area contributed by atoms with Crippen LogP contribution in [0.4, 0.5) is 5.69 Å². The van der Waals surface area contributed by atoms with Crippen LogP contribution < -0.4 is 16.2 Å². The molecule has 0 aromatic carbocycles. The van der Waals surface area contributed by atoms with Gasteiger partial charge in [-0.05, 0) is 19.3 Å². The Balaban J connectivity index is 1.89. The van der Waals surface area contributed by atoms with Crippen molar-refractivity contribution in [3.63, 3.8) is 0 Å². The number of amides is 1. The fraction of sp³-hybridized carbons (Fsp3) is 0.667. The summed E-state index contributed by atoms with van der Waals surface area (Å²) in [6.45, 7) is 2.84. The second kappa shape index (κ2) is 7.81. The van der Waals surface area contributed by atoms with Gasteiger partial charge in [0.2, 0.25) is 5.91 Å². The minimum absolute atomic E-state index is 0.0105. The van der Waals surface area contributed by atoms with Crippen molar-refractivity contribution in [1.82, 2.24) is 15.1 Å². The predicted octanol–water partition coefficient (Wildman–Crippen LogP) is 1.51. The zero-order valence-corrected chi connectivity index (χ0v) is 12.6. The average molecular weight is 292 g/mol. The molecule has 2 N–H and O–H groups in total. The van der Waals surface area contributed by atoms with Gasteiger partial charge in [-0.3, -0.25) is 9.59 Å².